The summed E-state index contributed by atoms with van der Waals surface area (Å²) in [5.41, 5.74) is 1.58. The largest absolute Gasteiger partial charge is 0.493 e. The van der Waals surface area contributed by atoms with Crippen molar-refractivity contribution in [3.63, 3.8) is 0 Å². The Hall–Kier alpha value is -2.83. The Morgan fingerprint density at radius 1 is 1.16 bits per heavy atom. The summed E-state index contributed by atoms with van der Waals surface area (Å²) in [6.45, 7) is 5.32. The molecule has 0 bridgehead atoms. The average Bonchev–Trinajstić information content (AvgIpc) is 3.22. The van der Waals surface area contributed by atoms with E-state index in [4.69, 9.17) is 4.74 Å². The van der Waals surface area contributed by atoms with Crippen molar-refractivity contribution in [3.8, 4) is 5.75 Å². The number of amides is 2. The minimum atomic E-state index is -0.0989. The number of rotatable bonds is 3. The maximum atomic E-state index is 13.0. The molecule has 1 spiro atoms. The zero-order valence-corrected chi connectivity index (χ0v) is 19.0. The van der Waals surface area contributed by atoms with Gasteiger partial charge < -0.3 is 15.0 Å². The lowest BCUT2D eigenvalue weighted by Crippen LogP contribution is -2.51. The Balaban J connectivity index is 1.44. The van der Waals surface area contributed by atoms with E-state index >= 15 is 0 Å². The second kappa shape index (κ2) is 10.2. The summed E-state index contributed by atoms with van der Waals surface area (Å²) in [6.07, 6.45) is 8.38. The molecule has 1 aromatic heterocycles. The van der Waals surface area contributed by atoms with Crippen LogP contribution in [0.2, 0.25) is 0 Å². The van der Waals surface area contributed by atoms with Crippen LogP contribution < -0.4 is 10.1 Å². The summed E-state index contributed by atoms with van der Waals surface area (Å²) in [7, 11) is 0. The molecule has 1 fully saturated rings. The van der Waals surface area contributed by atoms with E-state index < -0.39 is 0 Å². The Morgan fingerprint density at radius 3 is 2.84 bits per heavy atom. The van der Waals surface area contributed by atoms with Crippen molar-refractivity contribution in [1.82, 2.24) is 20.0 Å². The Morgan fingerprint density at radius 2 is 2.00 bits per heavy atom. The Labute approximate surface area is 190 Å². The van der Waals surface area contributed by atoms with Crippen molar-refractivity contribution in [2.75, 3.05) is 26.2 Å². The fourth-order valence-electron chi connectivity index (χ4n) is 4.95. The first-order valence-corrected chi connectivity index (χ1v) is 11.8. The third-order valence-corrected chi connectivity index (χ3v) is 6.85. The van der Waals surface area contributed by atoms with Crippen LogP contribution in [0.5, 0.6) is 5.75 Å². The van der Waals surface area contributed by atoms with Gasteiger partial charge in [-0.25, -0.2) is 0 Å². The molecule has 0 radical (unpaired) electrons. The first-order chi connectivity index (χ1) is 15.6. The molecule has 7 nitrogen and oxygen atoms in total. The number of aromatic nitrogens is 2. The van der Waals surface area contributed by atoms with Crippen molar-refractivity contribution in [3.05, 3.63) is 47.8 Å². The summed E-state index contributed by atoms with van der Waals surface area (Å²) in [4.78, 5) is 28.0. The molecular weight excluding hydrogens is 404 g/mol. The van der Waals surface area contributed by atoms with Gasteiger partial charge in [0.1, 0.15) is 5.75 Å². The van der Waals surface area contributed by atoms with Gasteiger partial charge in [-0.15, -0.1) is 0 Å². The quantitative estimate of drug-likeness (QED) is 0.795. The van der Waals surface area contributed by atoms with Crippen LogP contribution in [0.25, 0.3) is 0 Å². The van der Waals surface area contributed by atoms with Gasteiger partial charge in [0.2, 0.25) is 5.91 Å². The number of aryl methyl sites for hydroxylation is 2. The zero-order valence-electron chi connectivity index (χ0n) is 19.0. The summed E-state index contributed by atoms with van der Waals surface area (Å²) < 4.78 is 7.74. The number of carbonyl (C=O) groups is 2. The van der Waals surface area contributed by atoms with Crippen LogP contribution in [0.3, 0.4) is 0 Å². The number of benzene rings is 1. The molecule has 0 saturated carbocycles. The zero-order chi connectivity index (χ0) is 22.4. The maximum absolute atomic E-state index is 13.0. The van der Waals surface area contributed by atoms with Gasteiger partial charge in [-0.1, -0.05) is 25.0 Å². The molecular formula is C25H34N4O3. The van der Waals surface area contributed by atoms with Crippen LogP contribution in [0.4, 0.5) is 0 Å². The summed E-state index contributed by atoms with van der Waals surface area (Å²) in [5.74, 6) is 0.724. The molecule has 1 saturated heterocycles. The highest BCUT2D eigenvalue weighted by Crippen LogP contribution is 2.36. The smallest absolute Gasteiger partial charge is 0.255 e. The third kappa shape index (κ3) is 5.31. The van der Waals surface area contributed by atoms with Gasteiger partial charge in [-0.2, -0.15) is 5.10 Å². The molecule has 0 aliphatic carbocycles. The van der Waals surface area contributed by atoms with E-state index in [1.165, 1.54) is 0 Å². The van der Waals surface area contributed by atoms with Crippen LogP contribution in [0.1, 0.15) is 61.0 Å². The molecule has 3 heterocycles. The number of carbonyl (C=O) groups excluding carboxylic acids is 2. The van der Waals surface area contributed by atoms with Crippen molar-refractivity contribution in [2.24, 2.45) is 5.41 Å². The molecule has 1 N–H and O–H groups in total. The van der Waals surface area contributed by atoms with Gasteiger partial charge in [0.15, 0.2) is 0 Å². The number of nitrogens with one attached hydrogen (secondary N) is 1. The predicted molar refractivity (Wildman–Crippen MR) is 123 cm³/mol. The van der Waals surface area contributed by atoms with Gasteiger partial charge in [0.05, 0.1) is 12.2 Å². The highest BCUT2D eigenvalue weighted by molar-refractivity contribution is 5.96. The van der Waals surface area contributed by atoms with Gasteiger partial charge in [0, 0.05) is 49.9 Å². The molecule has 2 aliphatic heterocycles. The summed E-state index contributed by atoms with van der Waals surface area (Å²) in [6, 6.07) is 9.40. The monoisotopic (exact) mass is 438 g/mol. The lowest BCUT2D eigenvalue weighted by atomic mass is 9.75. The number of ether oxygens (including phenoxy) is 1. The molecule has 2 amide bonds. The first kappa shape index (κ1) is 22.4. The molecule has 1 unspecified atom stereocenters. The van der Waals surface area contributed by atoms with Crippen molar-refractivity contribution >= 4 is 11.8 Å². The van der Waals surface area contributed by atoms with E-state index in [-0.39, 0.29) is 17.2 Å². The van der Waals surface area contributed by atoms with Crippen LogP contribution >= 0.6 is 0 Å². The van der Waals surface area contributed by atoms with Gasteiger partial charge >= 0.3 is 0 Å². The Kier molecular flexibility index (Phi) is 7.12. The van der Waals surface area contributed by atoms with E-state index in [0.717, 1.165) is 50.8 Å². The van der Waals surface area contributed by atoms with Crippen LogP contribution in [0.15, 0.2) is 36.5 Å². The Bertz CT molecular complexity index is 941. The van der Waals surface area contributed by atoms with Crippen molar-refractivity contribution in [1.29, 1.82) is 0 Å². The van der Waals surface area contributed by atoms with Crippen LogP contribution in [0, 0.1) is 12.3 Å². The number of likely N-dealkylation sites (tertiary alicyclic amines) is 1. The van der Waals surface area contributed by atoms with Crippen LogP contribution in [-0.4, -0.2) is 52.7 Å². The number of nitrogens with zero attached hydrogens (tertiary/aromatic N) is 3. The lowest BCUT2D eigenvalue weighted by molar-refractivity contribution is -0.135. The average molecular weight is 439 g/mol. The number of para-hydroxylation sites is 1. The van der Waals surface area contributed by atoms with E-state index in [1.807, 2.05) is 46.8 Å². The first-order valence-electron chi connectivity index (χ1n) is 11.8. The van der Waals surface area contributed by atoms with E-state index in [9.17, 15) is 9.59 Å². The molecule has 1 aromatic carbocycles. The number of fused-ring (bicyclic) bond motifs is 1. The van der Waals surface area contributed by atoms with Crippen LogP contribution in [-0.2, 0) is 11.3 Å². The lowest BCUT2D eigenvalue weighted by Gasteiger charge is -2.43. The molecule has 32 heavy (non-hydrogen) atoms. The van der Waals surface area contributed by atoms with E-state index in [1.54, 1.807) is 6.20 Å². The highest BCUT2D eigenvalue weighted by atomic mass is 16.5. The molecule has 2 aromatic rings. The minimum absolute atomic E-state index is 0.0693. The standard InChI is InChI=1S/C25H34N4O3/c1-20-10-14-27-29(20)16-11-23(30)28-15-7-13-25(19-28)12-5-2-6-17-32-22-9-4-3-8-21(22)24(31)26-18-25/h3-4,8-10,14H,2,5-7,11-13,15-19H2,1H3,(H,26,31). The normalized spacial score (nSPS) is 22.3. The second-order valence-electron chi connectivity index (χ2n) is 9.20. The summed E-state index contributed by atoms with van der Waals surface area (Å²) >= 11 is 0. The molecule has 7 heteroatoms. The SMILES string of the molecule is Cc1ccnn1CCC(=O)N1CCCC2(CCCCCOc3ccccc3C(=O)NC2)C1. The van der Waals surface area contributed by atoms with Gasteiger partial charge in [-0.05, 0) is 50.8 Å². The second-order valence-corrected chi connectivity index (χ2v) is 9.20. The van der Waals surface area contributed by atoms with E-state index in [0.29, 0.717) is 44.0 Å². The maximum Gasteiger partial charge on any atom is 0.255 e. The fourth-order valence-corrected chi connectivity index (χ4v) is 4.95. The topological polar surface area (TPSA) is 76.5 Å². The van der Waals surface area contributed by atoms with Crippen molar-refractivity contribution < 1.29 is 14.3 Å². The van der Waals surface area contributed by atoms with Gasteiger partial charge in [-0.3, -0.25) is 14.3 Å². The third-order valence-electron chi connectivity index (χ3n) is 6.85. The predicted octanol–water partition coefficient (Wildman–Crippen LogP) is 3.57. The summed E-state index contributed by atoms with van der Waals surface area (Å²) in [5, 5.41) is 7.46. The highest BCUT2D eigenvalue weighted by Gasteiger charge is 2.37. The number of hydrogen-bond donors (Lipinski definition) is 1. The number of hydrogen-bond acceptors (Lipinski definition) is 4. The fraction of sp³-hybridized carbons (Fsp3) is 0.560. The molecule has 2 aliphatic rings. The van der Waals surface area contributed by atoms with Crippen molar-refractivity contribution in [2.45, 2.75) is 58.4 Å². The molecule has 172 valence electrons. The molecule has 4 rings (SSSR count). The number of piperidine rings is 1. The van der Waals surface area contributed by atoms with E-state index in [2.05, 4.69) is 10.4 Å². The minimum Gasteiger partial charge on any atom is -0.493 e. The molecule has 1 atom stereocenters. The van der Waals surface area contributed by atoms with Gasteiger partial charge in [0.25, 0.3) is 5.91 Å².